The smallest absolute Gasteiger partial charge is 0.159 e. The summed E-state index contributed by atoms with van der Waals surface area (Å²) >= 11 is 0. The average Bonchev–Trinajstić information content (AvgIpc) is 1.80. The third kappa shape index (κ3) is 1.30. The van der Waals surface area contributed by atoms with Crippen LogP contribution in [0.2, 0.25) is 0 Å². The highest BCUT2D eigenvalue weighted by molar-refractivity contribution is 4.96. The van der Waals surface area contributed by atoms with Crippen LogP contribution in [0.25, 0.3) is 0 Å². The van der Waals surface area contributed by atoms with Crippen molar-refractivity contribution in [3.05, 3.63) is 0 Å². The summed E-state index contributed by atoms with van der Waals surface area (Å²) in [4.78, 5) is 2.00. The molecule has 1 fully saturated rings. The standard InChI is InChI=1S/C7H14FNO/c1-6(2)9-3-7(8,4-9)5-10/h6,10H,3-5H2,1-2H3. The first-order valence-electron chi connectivity index (χ1n) is 3.61. The molecule has 0 aromatic heterocycles. The van der Waals surface area contributed by atoms with Gasteiger partial charge in [0.15, 0.2) is 5.67 Å². The van der Waals surface area contributed by atoms with Gasteiger partial charge in [0.05, 0.1) is 6.61 Å². The minimum Gasteiger partial charge on any atom is -0.393 e. The summed E-state index contributed by atoms with van der Waals surface area (Å²) in [6.07, 6.45) is 0. The Morgan fingerprint density at radius 3 is 2.40 bits per heavy atom. The molecule has 0 aliphatic carbocycles. The lowest BCUT2D eigenvalue weighted by molar-refractivity contribution is -0.0801. The molecule has 0 bridgehead atoms. The molecule has 0 atom stereocenters. The van der Waals surface area contributed by atoms with Crippen LogP contribution in [0.4, 0.5) is 4.39 Å². The summed E-state index contributed by atoms with van der Waals surface area (Å²) in [5.41, 5.74) is -1.30. The molecule has 1 saturated heterocycles. The zero-order valence-corrected chi connectivity index (χ0v) is 6.47. The quantitative estimate of drug-likeness (QED) is 0.611. The van der Waals surface area contributed by atoms with Crippen LogP contribution < -0.4 is 0 Å². The third-order valence-corrected chi connectivity index (χ3v) is 1.99. The van der Waals surface area contributed by atoms with Crippen LogP contribution in [-0.4, -0.2) is 41.4 Å². The Morgan fingerprint density at radius 2 is 2.10 bits per heavy atom. The lowest BCUT2D eigenvalue weighted by atomic mass is 9.96. The maximum Gasteiger partial charge on any atom is 0.159 e. The number of rotatable bonds is 2. The summed E-state index contributed by atoms with van der Waals surface area (Å²) < 4.78 is 13.0. The second-order valence-electron chi connectivity index (χ2n) is 3.31. The zero-order chi connectivity index (χ0) is 7.78. The minimum absolute atomic E-state index is 0.337. The Bertz CT molecular complexity index is 121. The number of hydrogen-bond donors (Lipinski definition) is 1. The molecular formula is C7H14FNO. The molecule has 0 aromatic carbocycles. The number of aliphatic hydroxyl groups excluding tert-OH is 1. The second kappa shape index (κ2) is 2.47. The molecule has 0 amide bonds. The van der Waals surface area contributed by atoms with Gasteiger partial charge in [0, 0.05) is 19.1 Å². The molecule has 0 saturated carbocycles. The number of hydrogen-bond acceptors (Lipinski definition) is 2. The highest BCUT2D eigenvalue weighted by Crippen LogP contribution is 2.26. The van der Waals surface area contributed by atoms with E-state index < -0.39 is 5.67 Å². The van der Waals surface area contributed by atoms with Crippen molar-refractivity contribution >= 4 is 0 Å². The highest BCUT2D eigenvalue weighted by Gasteiger charge is 2.43. The lowest BCUT2D eigenvalue weighted by Crippen LogP contribution is -2.62. The Morgan fingerprint density at radius 1 is 1.60 bits per heavy atom. The van der Waals surface area contributed by atoms with Crippen molar-refractivity contribution < 1.29 is 9.50 Å². The molecule has 1 heterocycles. The number of aliphatic hydroxyl groups is 1. The van der Waals surface area contributed by atoms with Crippen LogP contribution in [0.15, 0.2) is 0 Å². The molecule has 3 heteroatoms. The van der Waals surface area contributed by atoms with E-state index in [-0.39, 0.29) is 6.61 Å². The molecule has 1 aliphatic heterocycles. The Labute approximate surface area is 60.6 Å². The fraction of sp³-hybridized carbons (Fsp3) is 1.00. The predicted molar refractivity (Wildman–Crippen MR) is 37.6 cm³/mol. The van der Waals surface area contributed by atoms with Crippen molar-refractivity contribution in [2.75, 3.05) is 19.7 Å². The van der Waals surface area contributed by atoms with Crippen molar-refractivity contribution in [2.24, 2.45) is 0 Å². The van der Waals surface area contributed by atoms with E-state index in [2.05, 4.69) is 0 Å². The summed E-state index contributed by atoms with van der Waals surface area (Å²) in [7, 11) is 0. The SMILES string of the molecule is CC(C)N1CC(F)(CO)C1. The summed E-state index contributed by atoms with van der Waals surface area (Å²) in [5.74, 6) is 0. The van der Waals surface area contributed by atoms with E-state index in [4.69, 9.17) is 5.11 Å². The molecule has 0 aromatic rings. The number of halogens is 1. The van der Waals surface area contributed by atoms with Gasteiger partial charge in [-0.15, -0.1) is 0 Å². The van der Waals surface area contributed by atoms with Crippen LogP contribution in [0, 0.1) is 0 Å². The van der Waals surface area contributed by atoms with Crippen LogP contribution >= 0.6 is 0 Å². The van der Waals surface area contributed by atoms with Crippen molar-refractivity contribution in [3.63, 3.8) is 0 Å². The topological polar surface area (TPSA) is 23.5 Å². The molecule has 1 rings (SSSR count). The molecule has 0 unspecified atom stereocenters. The van der Waals surface area contributed by atoms with E-state index in [1.807, 2.05) is 18.7 Å². The molecule has 10 heavy (non-hydrogen) atoms. The third-order valence-electron chi connectivity index (χ3n) is 1.99. The fourth-order valence-corrected chi connectivity index (χ4v) is 1.15. The van der Waals surface area contributed by atoms with Crippen molar-refractivity contribution in [1.29, 1.82) is 0 Å². The van der Waals surface area contributed by atoms with Crippen LogP contribution in [-0.2, 0) is 0 Å². The van der Waals surface area contributed by atoms with Crippen molar-refractivity contribution in [3.8, 4) is 0 Å². The van der Waals surface area contributed by atoms with Crippen molar-refractivity contribution in [2.45, 2.75) is 25.6 Å². The monoisotopic (exact) mass is 147 g/mol. The first-order chi connectivity index (χ1) is 4.57. The Kier molecular flexibility index (Phi) is 1.97. The molecule has 2 nitrogen and oxygen atoms in total. The first-order valence-corrected chi connectivity index (χ1v) is 3.61. The maximum atomic E-state index is 13.0. The Balaban J connectivity index is 2.29. The summed E-state index contributed by atoms with van der Waals surface area (Å²) in [6.45, 7) is 4.49. The Hall–Kier alpha value is -0.150. The van der Waals surface area contributed by atoms with Gasteiger partial charge in [0.2, 0.25) is 0 Å². The van der Waals surface area contributed by atoms with E-state index in [0.29, 0.717) is 19.1 Å². The van der Waals surface area contributed by atoms with E-state index >= 15 is 0 Å². The van der Waals surface area contributed by atoms with Gasteiger partial charge in [0.25, 0.3) is 0 Å². The highest BCUT2D eigenvalue weighted by atomic mass is 19.1. The van der Waals surface area contributed by atoms with Gasteiger partial charge in [-0.05, 0) is 13.8 Å². The molecule has 1 N–H and O–H groups in total. The van der Waals surface area contributed by atoms with E-state index in [1.54, 1.807) is 0 Å². The summed E-state index contributed by atoms with van der Waals surface area (Å²) in [6, 6.07) is 0.399. The van der Waals surface area contributed by atoms with Gasteiger partial charge in [-0.2, -0.15) is 0 Å². The van der Waals surface area contributed by atoms with Crippen LogP contribution in [0.5, 0.6) is 0 Å². The zero-order valence-electron chi connectivity index (χ0n) is 6.47. The molecule has 1 aliphatic rings. The van der Waals surface area contributed by atoms with Gasteiger partial charge in [0.1, 0.15) is 0 Å². The van der Waals surface area contributed by atoms with Crippen molar-refractivity contribution in [1.82, 2.24) is 4.90 Å². The molecule has 0 radical (unpaired) electrons. The maximum absolute atomic E-state index is 13.0. The van der Waals surface area contributed by atoms with E-state index in [0.717, 1.165) is 0 Å². The van der Waals surface area contributed by atoms with E-state index in [1.165, 1.54) is 0 Å². The average molecular weight is 147 g/mol. The largest absolute Gasteiger partial charge is 0.393 e. The molecule has 60 valence electrons. The fourth-order valence-electron chi connectivity index (χ4n) is 1.15. The van der Waals surface area contributed by atoms with Gasteiger partial charge < -0.3 is 5.11 Å². The molecular weight excluding hydrogens is 133 g/mol. The number of nitrogens with zero attached hydrogens (tertiary/aromatic N) is 1. The predicted octanol–water partition coefficient (Wildman–Crippen LogP) is 0.411. The van der Waals surface area contributed by atoms with Gasteiger partial charge in [-0.25, -0.2) is 4.39 Å². The van der Waals surface area contributed by atoms with Crippen LogP contribution in [0.1, 0.15) is 13.8 Å². The van der Waals surface area contributed by atoms with E-state index in [9.17, 15) is 4.39 Å². The van der Waals surface area contributed by atoms with Gasteiger partial charge in [-0.1, -0.05) is 0 Å². The normalized spacial score (nSPS) is 24.9. The number of likely N-dealkylation sites (tertiary alicyclic amines) is 1. The first kappa shape index (κ1) is 7.95. The minimum atomic E-state index is -1.30. The molecule has 0 spiro atoms. The van der Waals surface area contributed by atoms with Gasteiger partial charge >= 0.3 is 0 Å². The van der Waals surface area contributed by atoms with Gasteiger partial charge in [-0.3, -0.25) is 4.90 Å². The summed E-state index contributed by atoms with van der Waals surface area (Å²) in [5, 5.41) is 8.54. The second-order valence-corrected chi connectivity index (χ2v) is 3.31. The van der Waals surface area contributed by atoms with Crippen LogP contribution in [0.3, 0.4) is 0 Å². The number of alkyl halides is 1. The lowest BCUT2D eigenvalue weighted by Gasteiger charge is -2.45.